The lowest BCUT2D eigenvalue weighted by Gasteiger charge is -2.16. The van der Waals surface area contributed by atoms with E-state index >= 15 is 0 Å². The van der Waals surface area contributed by atoms with Crippen LogP contribution in [0.15, 0.2) is 11.4 Å². The molecule has 0 aliphatic heterocycles. The molecule has 0 aliphatic rings. The van der Waals surface area contributed by atoms with Crippen LogP contribution in [0.5, 0.6) is 0 Å². The van der Waals surface area contributed by atoms with E-state index in [9.17, 15) is 13.9 Å². The minimum atomic E-state index is -2.53. The Hall–Kier alpha value is -0.130. The Morgan fingerprint density at radius 3 is 1.71 bits per heavy atom. The summed E-state index contributed by atoms with van der Waals surface area (Å²) in [5.41, 5.74) is 0. The maximum Gasteiger partial charge on any atom is 0.153 e. The van der Waals surface area contributed by atoms with Gasteiger partial charge in [-0.15, -0.1) is 0 Å². The van der Waals surface area contributed by atoms with Crippen LogP contribution in [0.1, 0.15) is 27.7 Å². The van der Waals surface area contributed by atoms with Gasteiger partial charge in [-0.2, -0.15) is 0 Å². The highest BCUT2D eigenvalue weighted by molar-refractivity contribution is 7.69. The Kier molecular flexibility index (Phi) is 7.28. The quantitative estimate of drug-likeness (QED) is 0.384. The molecule has 0 amide bonds. The zero-order chi connectivity index (χ0) is 13.5. The van der Waals surface area contributed by atoms with Crippen molar-refractivity contribution in [1.82, 2.24) is 0 Å². The Bertz CT molecular complexity index is 356. The standard InChI is InChI=1S/C12H24O3P2/c1-5-16(14,6-2)10-9-12(11-13)17(15,7-3)8-4/h9,11H,5-8,10H2,1-4H3. The van der Waals surface area contributed by atoms with Gasteiger partial charge in [0.2, 0.25) is 0 Å². The molecule has 0 aliphatic carbocycles. The predicted octanol–water partition coefficient (Wildman–Crippen LogP) is 3.88. The Balaban J connectivity index is 5.09. The van der Waals surface area contributed by atoms with Crippen molar-refractivity contribution >= 4 is 20.6 Å². The Labute approximate surface area is 105 Å². The Morgan fingerprint density at radius 1 is 0.941 bits per heavy atom. The molecule has 5 heteroatoms. The summed E-state index contributed by atoms with van der Waals surface area (Å²) in [6.07, 6.45) is 5.01. The van der Waals surface area contributed by atoms with Crippen LogP contribution in [-0.4, -0.2) is 37.1 Å². The van der Waals surface area contributed by atoms with Crippen LogP contribution in [0.25, 0.3) is 0 Å². The molecule has 0 spiro atoms. The van der Waals surface area contributed by atoms with E-state index in [1.54, 1.807) is 6.08 Å². The van der Waals surface area contributed by atoms with Gasteiger partial charge in [-0.05, 0) is 12.3 Å². The highest BCUT2D eigenvalue weighted by Gasteiger charge is 2.24. The maximum atomic E-state index is 12.4. The second-order valence-electron chi connectivity index (χ2n) is 4.14. The molecular formula is C12H24O3P2. The van der Waals surface area contributed by atoms with E-state index in [0.717, 1.165) is 0 Å². The van der Waals surface area contributed by atoms with Crippen molar-refractivity contribution in [2.75, 3.05) is 30.8 Å². The van der Waals surface area contributed by atoms with Gasteiger partial charge in [0.05, 0.1) is 7.14 Å². The van der Waals surface area contributed by atoms with Crippen molar-refractivity contribution in [3.05, 3.63) is 11.4 Å². The van der Waals surface area contributed by atoms with Crippen molar-refractivity contribution < 1.29 is 13.9 Å². The number of carbonyl (C=O) groups excluding carboxylic acids is 1. The van der Waals surface area contributed by atoms with Crippen LogP contribution in [0.2, 0.25) is 0 Å². The second kappa shape index (κ2) is 7.34. The number of hydrogen-bond donors (Lipinski definition) is 0. The first-order chi connectivity index (χ1) is 7.91. The van der Waals surface area contributed by atoms with Gasteiger partial charge in [-0.25, -0.2) is 0 Å². The normalized spacial score (nSPS) is 13.8. The summed E-state index contributed by atoms with van der Waals surface area (Å²) in [7, 11) is -4.72. The molecular weight excluding hydrogens is 254 g/mol. The smallest absolute Gasteiger partial charge is 0.153 e. The van der Waals surface area contributed by atoms with Crippen LogP contribution >= 0.6 is 14.3 Å². The van der Waals surface area contributed by atoms with E-state index in [4.69, 9.17) is 0 Å². The lowest BCUT2D eigenvalue weighted by Crippen LogP contribution is -1.99. The Morgan fingerprint density at radius 2 is 1.41 bits per heavy atom. The van der Waals surface area contributed by atoms with E-state index in [1.165, 1.54) is 0 Å². The zero-order valence-electron chi connectivity index (χ0n) is 11.3. The first-order valence-electron chi connectivity index (χ1n) is 6.22. The third-order valence-electron chi connectivity index (χ3n) is 3.40. The molecule has 17 heavy (non-hydrogen) atoms. The molecule has 0 rings (SSSR count). The molecule has 0 N–H and O–H groups in total. The average molecular weight is 278 g/mol. The number of aldehydes is 1. The number of hydrogen-bond acceptors (Lipinski definition) is 3. The zero-order valence-corrected chi connectivity index (χ0v) is 13.1. The van der Waals surface area contributed by atoms with E-state index < -0.39 is 14.3 Å². The molecule has 0 unspecified atom stereocenters. The molecule has 3 nitrogen and oxygen atoms in total. The van der Waals surface area contributed by atoms with Crippen molar-refractivity contribution in [3.8, 4) is 0 Å². The molecule has 0 aromatic rings. The number of allylic oxidation sites excluding steroid dienone is 2. The summed E-state index contributed by atoms with van der Waals surface area (Å²) >= 11 is 0. The van der Waals surface area contributed by atoms with Gasteiger partial charge < -0.3 is 9.13 Å². The fourth-order valence-electron chi connectivity index (χ4n) is 1.64. The molecule has 0 bridgehead atoms. The van der Waals surface area contributed by atoms with Gasteiger partial charge in [-0.3, -0.25) is 4.79 Å². The molecule has 0 radical (unpaired) electrons. The minimum Gasteiger partial charge on any atom is -0.323 e. The number of carbonyl (C=O) groups is 1. The number of rotatable bonds is 8. The lowest BCUT2D eigenvalue weighted by molar-refractivity contribution is -0.104. The third-order valence-corrected chi connectivity index (χ3v) is 9.82. The van der Waals surface area contributed by atoms with Crippen molar-refractivity contribution in [2.24, 2.45) is 0 Å². The summed E-state index contributed by atoms with van der Waals surface area (Å²) in [6.45, 7) is 7.47. The van der Waals surface area contributed by atoms with Crippen LogP contribution in [0.3, 0.4) is 0 Å². The molecule has 0 aromatic carbocycles. The average Bonchev–Trinajstić information content (AvgIpc) is 2.38. The summed E-state index contributed by atoms with van der Waals surface area (Å²) in [5.74, 6) is 0. The summed E-state index contributed by atoms with van der Waals surface area (Å²) in [5, 5.41) is 0.379. The fraction of sp³-hybridized carbons (Fsp3) is 0.750. The highest BCUT2D eigenvalue weighted by Crippen LogP contribution is 2.53. The van der Waals surface area contributed by atoms with Gasteiger partial charge in [0.15, 0.2) is 6.29 Å². The van der Waals surface area contributed by atoms with Gasteiger partial charge in [0.1, 0.15) is 7.14 Å². The molecule has 0 aromatic heterocycles. The predicted molar refractivity (Wildman–Crippen MR) is 76.4 cm³/mol. The van der Waals surface area contributed by atoms with Gasteiger partial charge in [0.25, 0.3) is 0 Å². The second-order valence-corrected chi connectivity index (χ2v) is 11.4. The van der Waals surface area contributed by atoms with Crippen molar-refractivity contribution in [3.63, 3.8) is 0 Å². The van der Waals surface area contributed by atoms with Crippen LogP contribution < -0.4 is 0 Å². The minimum absolute atomic E-state index is 0.379. The summed E-state index contributed by atoms with van der Waals surface area (Å²) in [6, 6.07) is 0. The van der Waals surface area contributed by atoms with Crippen LogP contribution in [0, 0.1) is 0 Å². The first-order valence-corrected chi connectivity index (χ1v) is 10.6. The van der Waals surface area contributed by atoms with Gasteiger partial charge in [-0.1, -0.05) is 33.8 Å². The van der Waals surface area contributed by atoms with Crippen molar-refractivity contribution in [2.45, 2.75) is 27.7 Å². The molecule has 100 valence electrons. The fourth-order valence-corrected chi connectivity index (χ4v) is 5.07. The van der Waals surface area contributed by atoms with E-state index in [1.807, 2.05) is 27.7 Å². The maximum absolute atomic E-state index is 12.4. The SMILES string of the molecule is CCP(=O)(CC)CC=C(C=O)P(=O)(CC)CC. The van der Waals surface area contributed by atoms with Crippen molar-refractivity contribution in [1.29, 1.82) is 0 Å². The topological polar surface area (TPSA) is 51.2 Å². The largest absolute Gasteiger partial charge is 0.323 e. The van der Waals surface area contributed by atoms with E-state index in [2.05, 4.69) is 0 Å². The molecule has 0 saturated carbocycles. The summed E-state index contributed by atoms with van der Waals surface area (Å²) in [4.78, 5) is 11.0. The third kappa shape index (κ3) is 4.56. The summed E-state index contributed by atoms with van der Waals surface area (Å²) < 4.78 is 24.6. The van der Waals surface area contributed by atoms with Gasteiger partial charge >= 0.3 is 0 Å². The molecule has 0 heterocycles. The molecule has 0 atom stereocenters. The monoisotopic (exact) mass is 278 g/mol. The van der Waals surface area contributed by atoms with E-state index in [0.29, 0.717) is 42.4 Å². The molecule has 0 saturated heterocycles. The first kappa shape index (κ1) is 16.9. The lowest BCUT2D eigenvalue weighted by atomic mass is 10.6. The van der Waals surface area contributed by atoms with Crippen LogP contribution in [-0.2, 0) is 13.9 Å². The highest BCUT2D eigenvalue weighted by atomic mass is 31.2. The van der Waals surface area contributed by atoms with E-state index in [-0.39, 0.29) is 0 Å². The molecule has 0 fully saturated rings. The van der Waals surface area contributed by atoms with Crippen LogP contribution in [0.4, 0.5) is 0 Å². The van der Waals surface area contributed by atoms with Gasteiger partial charge in [0, 0.05) is 23.8 Å².